The first-order chi connectivity index (χ1) is 17.6. The average Bonchev–Trinajstić information content (AvgIpc) is 3.57. The van der Waals surface area contributed by atoms with Crippen LogP contribution in [-0.4, -0.2) is 72.8 Å². The molecule has 2 aliphatic heterocycles. The van der Waals surface area contributed by atoms with Crippen LogP contribution in [0.2, 0.25) is 0 Å². The van der Waals surface area contributed by atoms with Crippen molar-refractivity contribution in [3.05, 3.63) is 66.6 Å². The van der Waals surface area contributed by atoms with Crippen molar-refractivity contribution in [1.29, 1.82) is 0 Å². The zero-order valence-corrected chi connectivity index (χ0v) is 19.9. The number of nitrogens with one attached hydrogen (secondary N) is 1. The molecule has 0 saturated carbocycles. The minimum atomic E-state index is -0.525. The van der Waals surface area contributed by atoms with Gasteiger partial charge in [0.05, 0.1) is 29.1 Å². The number of amides is 1. The van der Waals surface area contributed by atoms with Gasteiger partial charge in [0.2, 0.25) is 11.8 Å². The van der Waals surface area contributed by atoms with E-state index in [1.165, 1.54) is 0 Å². The minimum Gasteiger partial charge on any atom is -0.439 e. The lowest BCUT2D eigenvalue weighted by Crippen LogP contribution is -2.54. The van der Waals surface area contributed by atoms with E-state index in [-0.39, 0.29) is 11.9 Å². The number of aliphatic hydroxyl groups excluding tert-OH is 1. The number of hydrogen-bond donors (Lipinski definition) is 2. The lowest BCUT2D eigenvalue weighted by atomic mass is 10.00. The van der Waals surface area contributed by atoms with Crippen molar-refractivity contribution < 1.29 is 14.6 Å². The van der Waals surface area contributed by atoms with E-state index in [0.717, 1.165) is 53.8 Å². The van der Waals surface area contributed by atoms with Crippen LogP contribution in [0, 0.1) is 0 Å². The van der Waals surface area contributed by atoms with Gasteiger partial charge in [-0.25, -0.2) is 4.98 Å². The van der Waals surface area contributed by atoms with Gasteiger partial charge < -0.3 is 14.7 Å². The van der Waals surface area contributed by atoms with E-state index in [1.54, 1.807) is 12.4 Å². The number of aliphatic hydroxyl groups is 1. The van der Waals surface area contributed by atoms with Gasteiger partial charge in [-0.05, 0) is 49.2 Å². The molecule has 5 heterocycles. The van der Waals surface area contributed by atoms with Gasteiger partial charge in [0.1, 0.15) is 5.75 Å². The standard InChI is InChI=1S/C27H28N6O3/c34-25-17-32(13-10-24(25)33-12-1-2-27(33)35)16-20-5-3-18-14-21(6-7-22(18)30-20)36-26-8-4-19(15-28-26)23-9-11-29-31-23/h3-9,11,14-15,24-25,34H,1-2,10,12-13,16-17H2,(H,29,31)/t24?,25-/m1/s1. The molecule has 36 heavy (non-hydrogen) atoms. The molecule has 0 aliphatic carbocycles. The summed E-state index contributed by atoms with van der Waals surface area (Å²) in [5, 5.41) is 18.6. The van der Waals surface area contributed by atoms with Gasteiger partial charge in [-0.2, -0.15) is 5.10 Å². The SMILES string of the molecule is O=C1CCCN1C1CCN(Cc2ccc3cc(Oc4ccc(-c5ccn[nH]5)cn4)ccc3n2)C[C@H]1O. The van der Waals surface area contributed by atoms with Gasteiger partial charge in [0.15, 0.2) is 0 Å². The molecule has 1 aromatic carbocycles. The van der Waals surface area contributed by atoms with Crippen LogP contribution in [0.15, 0.2) is 60.9 Å². The molecule has 1 unspecified atom stereocenters. The Balaban J connectivity index is 1.09. The van der Waals surface area contributed by atoms with Crippen molar-refractivity contribution in [3.8, 4) is 22.9 Å². The molecule has 9 heteroatoms. The highest BCUT2D eigenvalue weighted by atomic mass is 16.5. The number of benzene rings is 1. The third-order valence-electron chi connectivity index (χ3n) is 7.02. The highest BCUT2D eigenvalue weighted by molar-refractivity contribution is 5.80. The molecule has 9 nitrogen and oxygen atoms in total. The summed E-state index contributed by atoms with van der Waals surface area (Å²) in [4.78, 5) is 25.4. The van der Waals surface area contributed by atoms with Gasteiger partial charge in [-0.1, -0.05) is 6.07 Å². The van der Waals surface area contributed by atoms with Crippen molar-refractivity contribution in [3.63, 3.8) is 0 Å². The quantitative estimate of drug-likeness (QED) is 0.432. The maximum Gasteiger partial charge on any atom is 0.222 e. The lowest BCUT2D eigenvalue weighted by molar-refractivity contribution is -0.134. The predicted molar refractivity (Wildman–Crippen MR) is 134 cm³/mol. The van der Waals surface area contributed by atoms with E-state index in [4.69, 9.17) is 9.72 Å². The second kappa shape index (κ2) is 9.67. The summed E-state index contributed by atoms with van der Waals surface area (Å²) in [7, 11) is 0. The molecule has 0 spiro atoms. The summed E-state index contributed by atoms with van der Waals surface area (Å²) in [6.07, 6.45) is 5.23. The Hall–Kier alpha value is -3.82. The second-order valence-corrected chi connectivity index (χ2v) is 9.46. The summed E-state index contributed by atoms with van der Waals surface area (Å²) in [5.74, 6) is 1.38. The molecule has 4 aromatic rings. The number of aromatic amines is 1. The first-order valence-corrected chi connectivity index (χ1v) is 12.4. The molecular formula is C27H28N6O3. The molecule has 3 aromatic heterocycles. The molecule has 1 amide bonds. The molecule has 2 fully saturated rings. The number of carbonyl (C=O) groups is 1. The predicted octanol–water partition coefficient (Wildman–Crippen LogP) is 3.37. The van der Waals surface area contributed by atoms with Crippen LogP contribution in [0.25, 0.3) is 22.2 Å². The molecule has 6 rings (SSSR count). The lowest BCUT2D eigenvalue weighted by Gasteiger charge is -2.40. The molecule has 2 atom stereocenters. The number of fused-ring (bicyclic) bond motifs is 1. The Bertz CT molecular complexity index is 1360. The fourth-order valence-corrected chi connectivity index (χ4v) is 5.18. The molecule has 2 saturated heterocycles. The number of β-amino-alcohol motifs (C(OH)–C–C–N with tert-alkyl or cyclic N) is 1. The third kappa shape index (κ3) is 4.67. The number of piperidine rings is 1. The van der Waals surface area contributed by atoms with E-state index in [2.05, 4.69) is 20.1 Å². The fraction of sp³-hybridized carbons (Fsp3) is 0.333. The zero-order valence-electron chi connectivity index (χ0n) is 19.9. The van der Waals surface area contributed by atoms with E-state index in [0.29, 0.717) is 31.1 Å². The largest absolute Gasteiger partial charge is 0.439 e. The number of pyridine rings is 2. The Kier molecular flexibility index (Phi) is 6.08. The molecule has 184 valence electrons. The summed E-state index contributed by atoms with van der Waals surface area (Å²) in [5.41, 5.74) is 3.69. The number of carbonyl (C=O) groups excluding carboxylic acids is 1. The Labute approximate surface area is 208 Å². The highest BCUT2D eigenvalue weighted by Gasteiger charge is 2.36. The van der Waals surface area contributed by atoms with Crippen LogP contribution in [0.5, 0.6) is 11.6 Å². The van der Waals surface area contributed by atoms with Crippen LogP contribution >= 0.6 is 0 Å². The van der Waals surface area contributed by atoms with Gasteiger partial charge in [0.25, 0.3) is 0 Å². The minimum absolute atomic E-state index is 0.0598. The van der Waals surface area contributed by atoms with Gasteiger partial charge in [0, 0.05) is 62.0 Å². The van der Waals surface area contributed by atoms with Crippen LogP contribution in [0.1, 0.15) is 25.0 Å². The summed E-state index contributed by atoms with van der Waals surface area (Å²) in [6, 6.07) is 15.5. The first-order valence-electron chi connectivity index (χ1n) is 12.4. The van der Waals surface area contributed by atoms with E-state index < -0.39 is 6.10 Å². The monoisotopic (exact) mass is 484 g/mol. The van der Waals surface area contributed by atoms with Crippen LogP contribution < -0.4 is 4.74 Å². The van der Waals surface area contributed by atoms with E-state index >= 15 is 0 Å². The summed E-state index contributed by atoms with van der Waals surface area (Å²) < 4.78 is 5.95. The summed E-state index contributed by atoms with van der Waals surface area (Å²) in [6.45, 7) is 2.82. The number of nitrogens with zero attached hydrogens (tertiary/aromatic N) is 5. The van der Waals surface area contributed by atoms with Crippen LogP contribution in [-0.2, 0) is 11.3 Å². The molecule has 0 bridgehead atoms. The molecule has 0 radical (unpaired) electrons. The number of H-pyrrole nitrogens is 1. The Morgan fingerprint density at radius 2 is 2.06 bits per heavy atom. The van der Waals surface area contributed by atoms with Crippen molar-refractivity contribution in [2.45, 2.75) is 38.0 Å². The first kappa shape index (κ1) is 22.6. The Morgan fingerprint density at radius 3 is 2.81 bits per heavy atom. The number of ether oxygens (including phenoxy) is 1. The van der Waals surface area contributed by atoms with E-state index in [1.807, 2.05) is 53.4 Å². The molecule has 2 aliphatic rings. The Morgan fingerprint density at radius 1 is 1.11 bits per heavy atom. The number of hydrogen-bond acceptors (Lipinski definition) is 7. The molecule has 2 N–H and O–H groups in total. The van der Waals surface area contributed by atoms with Crippen molar-refractivity contribution in [2.75, 3.05) is 19.6 Å². The summed E-state index contributed by atoms with van der Waals surface area (Å²) >= 11 is 0. The van der Waals surface area contributed by atoms with Crippen molar-refractivity contribution in [1.82, 2.24) is 30.0 Å². The van der Waals surface area contributed by atoms with Gasteiger partial charge in [-0.15, -0.1) is 0 Å². The number of likely N-dealkylation sites (tertiary alicyclic amines) is 2. The molecular weight excluding hydrogens is 456 g/mol. The smallest absolute Gasteiger partial charge is 0.222 e. The van der Waals surface area contributed by atoms with Gasteiger partial charge in [-0.3, -0.25) is 19.8 Å². The number of rotatable bonds is 6. The van der Waals surface area contributed by atoms with Crippen LogP contribution in [0.3, 0.4) is 0 Å². The maximum atomic E-state index is 12.1. The van der Waals surface area contributed by atoms with Crippen molar-refractivity contribution in [2.24, 2.45) is 0 Å². The van der Waals surface area contributed by atoms with Crippen LogP contribution in [0.4, 0.5) is 0 Å². The van der Waals surface area contributed by atoms with Crippen molar-refractivity contribution >= 4 is 16.8 Å². The maximum absolute atomic E-state index is 12.1. The highest BCUT2D eigenvalue weighted by Crippen LogP contribution is 2.27. The zero-order chi connectivity index (χ0) is 24.5. The average molecular weight is 485 g/mol. The van der Waals surface area contributed by atoms with Gasteiger partial charge >= 0.3 is 0 Å². The third-order valence-corrected chi connectivity index (χ3v) is 7.02. The fourth-order valence-electron chi connectivity index (χ4n) is 5.18. The number of aromatic nitrogens is 4. The second-order valence-electron chi connectivity index (χ2n) is 9.46. The van der Waals surface area contributed by atoms with E-state index in [9.17, 15) is 9.90 Å². The topological polar surface area (TPSA) is 107 Å². The normalized spacial score (nSPS) is 20.8.